The minimum atomic E-state index is -0.246. The second-order valence-electron chi connectivity index (χ2n) is 6.62. The van der Waals surface area contributed by atoms with Crippen molar-refractivity contribution < 1.29 is 13.9 Å². The second kappa shape index (κ2) is 8.02. The number of nitrogens with zero attached hydrogens (tertiary/aromatic N) is 2. The van der Waals surface area contributed by atoms with Gasteiger partial charge in [0, 0.05) is 5.69 Å². The molecule has 5 nitrogen and oxygen atoms in total. The average Bonchev–Trinajstić information content (AvgIpc) is 3.54. The Morgan fingerprint density at radius 1 is 1.18 bits per heavy atom. The van der Waals surface area contributed by atoms with Crippen LogP contribution in [-0.4, -0.2) is 17.1 Å². The van der Waals surface area contributed by atoms with Crippen LogP contribution in [0.3, 0.4) is 0 Å². The molecule has 0 aliphatic heterocycles. The Kier molecular flexibility index (Phi) is 5.30. The molecular weight excluding hydrogens is 381 g/mol. The Morgan fingerprint density at radius 2 is 1.96 bits per heavy atom. The summed E-state index contributed by atoms with van der Waals surface area (Å²) in [4.78, 5) is 8.27. The van der Waals surface area contributed by atoms with E-state index in [4.69, 9.17) is 21.1 Å². The van der Waals surface area contributed by atoms with Gasteiger partial charge in [0.2, 0.25) is 5.28 Å². The molecule has 0 amide bonds. The minimum Gasteiger partial charge on any atom is -0.497 e. The highest BCUT2D eigenvalue weighted by molar-refractivity contribution is 6.28. The lowest BCUT2D eigenvalue weighted by molar-refractivity contribution is 0.305. The average molecular weight is 400 g/mol. The number of anilines is 2. The van der Waals surface area contributed by atoms with Gasteiger partial charge >= 0.3 is 0 Å². The summed E-state index contributed by atoms with van der Waals surface area (Å²) in [6.45, 7) is 0.336. The molecule has 0 atom stereocenters. The van der Waals surface area contributed by atoms with Crippen LogP contribution in [0.15, 0.2) is 48.7 Å². The van der Waals surface area contributed by atoms with Crippen LogP contribution in [0.4, 0.5) is 15.9 Å². The van der Waals surface area contributed by atoms with E-state index in [0.717, 1.165) is 35.4 Å². The first-order valence-corrected chi connectivity index (χ1v) is 9.35. The van der Waals surface area contributed by atoms with Gasteiger partial charge in [-0.15, -0.1) is 0 Å². The third-order valence-electron chi connectivity index (χ3n) is 4.56. The molecule has 1 aliphatic rings. The van der Waals surface area contributed by atoms with Gasteiger partial charge in [0.25, 0.3) is 0 Å². The summed E-state index contributed by atoms with van der Waals surface area (Å²) in [6.07, 6.45) is 3.65. The van der Waals surface area contributed by atoms with Gasteiger partial charge in [-0.1, -0.05) is 12.1 Å². The summed E-state index contributed by atoms with van der Waals surface area (Å²) in [6, 6.07) is 12.3. The van der Waals surface area contributed by atoms with Crippen LogP contribution in [0.1, 0.15) is 29.9 Å². The highest BCUT2D eigenvalue weighted by Crippen LogP contribution is 2.44. The molecule has 3 aromatic rings. The van der Waals surface area contributed by atoms with E-state index in [2.05, 4.69) is 15.3 Å². The lowest BCUT2D eigenvalue weighted by Crippen LogP contribution is -2.04. The van der Waals surface area contributed by atoms with Gasteiger partial charge in [0.15, 0.2) is 11.6 Å². The molecule has 0 bridgehead atoms. The maximum atomic E-state index is 13.7. The second-order valence-corrected chi connectivity index (χ2v) is 6.96. The van der Waals surface area contributed by atoms with Gasteiger partial charge in [-0.05, 0) is 71.8 Å². The van der Waals surface area contributed by atoms with E-state index >= 15 is 0 Å². The predicted molar refractivity (Wildman–Crippen MR) is 106 cm³/mol. The van der Waals surface area contributed by atoms with Gasteiger partial charge in [-0.25, -0.2) is 9.37 Å². The Bertz CT molecular complexity index is 978. The molecule has 1 aliphatic carbocycles. The Morgan fingerprint density at radius 3 is 2.68 bits per heavy atom. The molecule has 1 fully saturated rings. The fraction of sp³-hybridized carbons (Fsp3) is 0.238. The molecule has 0 saturated heterocycles. The van der Waals surface area contributed by atoms with Crippen molar-refractivity contribution in [1.29, 1.82) is 0 Å². The molecule has 2 aromatic carbocycles. The van der Waals surface area contributed by atoms with Crippen LogP contribution >= 0.6 is 11.6 Å². The molecule has 4 rings (SSSR count). The molecule has 1 heterocycles. The van der Waals surface area contributed by atoms with Crippen molar-refractivity contribution in [3.05, 3.63) is 70.9 Å². The molecule has 1 saturated carbocycles. The van der Waals surface area contributed by atoms with E-state index in [1.165, 1.54) is 12.3 Å². The summed E-state index contributed by atoms with van der Waals surface area (Å²) in [5.41, 5.74) is 2.71. The van der Waals surface area contributed by atoms with Gasteiger partial charge in [-0.2, -0.15) is 4.98 Å². The first-order chi connectivity index (χ1) is 13.6. The number of ether oxygens (including phenoxy) is 2. The lowest BCUT2D eigenvalue weighted by Gasteiger charge is -2.15. The SMILES string of the molecule is COc1ccc(COc2cnc(Cl)nc2Nc2ccc(F)cc2C2CC2)cc1. The topological polar surface area (TPSA) is 56.3 Å². The molecule has 144 valence electrons. The van der Waals surface area contributed by atoms with Crippen molar-refractivity contribution in [2.45, 2.75) is 25.4 Å². The summed E-state index contributed by atoms with van der Waals surface area (Å²) < 4.78 is 24.7. The summed E-state index contributed by atoms with van der Waals surface area (Å²) in [7, 11) is 1.62. The highest BCUT2D eigenvalue weighted by Gasteiger charge is 2.27. The molecule has 0 spiro atoms. The van der Waals surface area contributed by atoms with E-state index in [9.17, 15) is 4.39 Å². The molecule has 0 unspecified atom stereocenters. The molecule has 28 heavy (non-hydrogen) atoms. The number of aromatic nitrogens is 2. The van der Waals surface area contributed by atoms with Crippen molar-refractivity contribution in [1.82, 2.24) is 9.97 Å². The Hall–Kier alpha value is -2.86. The number of methoxy groups -OCH3 is 1. The van der Waals surface area contributed by atoms with Crippen molar-refractivity contribution >= 4 is 23.1 Å². The predicted octanol–water partition coefficient (Wildman–Crippen LogP) is 5.48. The first kappa shape index (κ1) is 18.5. The van der Waals surface area contributed by atoms with Crippen LogP contribution in [0, 0.1) is 5.82 Å². The van der Waals surface area contributed by atoms with E-state index in [-0.39, 0.29) is 11.1 Å². The summed E-state index contributed by atoms with van der Waals surface area (Å²) in [5.74, 6) is 1.82. The lowest BCUT2D eigenvalue weighted by atomic mass is 10.1. The first-order valence-electron chi connectivity index (χ1n) is 8.97. The Balaban J connectivity index is 1.55. The number of halogens is 2. The molecule has 1 N–H and O–H groups in total. The minimum absolute atomic E-state index is 0.106. The van der Waals surface area contributed by atoms with E-state index in [1.54, 1.807) is 19.2 Å². The standard InChI is InChI=1S/C21H19ClFN3O2/c1-27-16-7-2-13(3-8-16)12-28-19-11-24-21(22)26-20(19)25-18-9-6-15(23)10-17(18)14-4-5-14/h2-3,6-11,14H,4-5,12H2,1H3,(H,24,25,26). The monoisotopic (exact) mass is 399 g/mol. The fourth-order valence-electron chi connectivity index (χ4n) is 2.93. The van der Waals surface area contributed by atoms with Crippen LogP contribution < -0.4 is 14.8 Å². The zero-order chi connectivity index (χ0) is 19.5. The van der Waals surface area contributed by atoms with Crippen LogP contribution in [0.25, 0.3) is 0 Å². The number of rotatable bonds is 7. The number of hydrogen-bond donors (Lipinski definition) is 1. The third-order valence-corrected chi connectivity index (χ3v) is 4.75. The molecule has 1 aromatic heterocycles. The zero-order valence-electron chi connectivity index (χ0n) is 15.3. The van der Waals surface area contributed by atoms with Crippen molar-refractivity contribution in [3.8, 4) is 11.5 Å². The summed E-state index contributed by atoms with van der Waals surface area (Å²) in [5, 5.41) is 3.34. The van der Waals surface area contributed by atoms with Crippen molar-refractivity contribution in [2.75, 3.05) is 12.4 Å². The van der Waals surface area contributed by atoms with Crippen molar-refractivity contribution in [2.24, 2.45) is 0 Å². The fourth-order valence-corrected chi connectivity index (χ4v) is 3.07. The number of hydrogen-bond acceptors (Lipinski definition) is 5. The molecule has 0 radical (unpaired) electrons. The van der Waals surface area contributed by atoms with Crippen LogP contribution in [0.5, 0.6) is 11.5 Å². The van der Waals surface area contributed by atoms with E-state index in [1.807, 2.05) is 24.3 Å². The van der Waals surface area contributed by atoms with Gasteiger partial charge < -0.3 is 14.8 Å². The normalized spacial score (nSPS) is 13.2. The number of benzene rings is 2. The van der Waals surface area contributed by atoms with Gasteiger partial charge in [0.1, 0.15) is 18.2 Å². The quantitative estimate of drug-likeness (QED) is 0.533. The third kappa shape index (κ3) is 4.34. The van der Waals surface area contributed by atoms with Crippen LogP contribution in [-0.2, 0) is 6.61 Å². The highest BCUT2D eigenvalue weighted by atomic mass is 35.5. The largest absolute Gasteiger partial charge is 0.497 e. The van der Waals surface area contributed by atoms with E-state index < -0.39 is 0 Å². The van der Waals surface area contributed by atoms with Gasteiger partial charge in [0.05, 0.1) is 13.3 Å². The Labute approximate surface area is 167 Å². The molecular formula is C21H19ClFN3O2. The molecule has 7 heteroatoms. The summed E-state index contributed by atoms with van der Waals surface area (Å²) >= 11 is 5.98. The van der Waals surface area contributed by atoms with Crippen LogP contribution in [0.2, 0.25) is 5.28 Å². The zero-order valence-corrected chi connectivity index (χ0v) is 16.0. The van der Waals surface area contributed by atoms with E-state index in [0.29, 0.717) is 24.1 Å². The smallest absolute Gasteiger partial charge is 0.224 e. The van der Waals surface area contributed by atoms with Gasteiger partial charge in [-0.3, -0.25) is 0 Å². The maximum absolute atomic E-state index is 13.7. The van der Waals surface area contributed by atoms with Crippen molar-refractivity contribution in [3.63, 3.8) is 0 Å². The maximum Gasteiger partial charge on any atom is 0.224 e. The number of nitrogens with one attached hydrogen (secondary N) is 1.